The number of esters is 1. The first kappa shape index (κ1) is 26.4. The summed E-state index contributed by atoms with van der Waals surface area (Å²) in [6, 6.07) is 19.7. The monoisotopic (exact) mass is 544 g/mol. The van der Waals surface area contributed by atoms with Gasteiger partial charge in [-0.3, -0.25) is 14.6 Å². The van der Waals surface area contributed by atoms with E-state index in [1.807, 2.05) is 31.3 Å². The molecule has 5 rings (SSSR count). The van der Waals surface area contributed by atoms with Gasteiger partial charge in [-0.1, -0.05) is 41.9 Å². The highest BCUT2D eigenvalue weighted by Crippen LogP contribution is 2.30. The van der Waals surface area contributed by atoms with E-state index in [2.05, 4.69) is 9.89 Å². The molecular formula is C30H29ClN4O4. The molecule has 200 valence electrons. The number of carbonyl (C=O) groups excluding carboxylic acids is 3. The second-order valence-corrected chi connectivity index (χ2v) is 9.97. The molecular weight excluding hydrogens is 516 g/mol. The molecule has 0 aromatic heterocycles. The fraction of sp³-hybridized carbons (Fsp3) is 0.267. The molecule has 0 spiro atoms. The van der Waals surface area contributed by atoms with E-state index >= 15 is 0 Å². The van der Waals surface area contributed by atoms with Crippen LogP contribution in [0.25, 0.3) is 0 Å². The molecule has 0 unspecified atom stereocenters. The van der Waals surface area contributed by atoms with Crippen LogP contribution in [0.1, 0.15) is 44.3 Å². The number of hydrogen-bond acceptors (Lipinski definition) is 6. The largest absolute Gasteiger partial charge is 0.462 e. The molecule has 2 aliphatic rings. The van der Waals surface area contributed by atoms with Gasteiger partial charge in [-0.25, -0.2) is 4.79 Å². The third-order valence-corrected chi connectivity index (χ3v) is 7.12. The zero-order chi connectivity index (χ0) is 27.5. The molecule has 3 aromatic carbocycles. The van der Waals surface area contributed by atoms with Gasteiger partial charge >= 0.3 is 5.97 Å². The van der Waals surface area contributed by atoms with Crippen molar-refractivity contribution in [1.82, 2.24) is 9.80 Å². The van der Waals surface area contributed by atoms with Crippen LogP contribution in [0.4, 0.5) is 5.69 Å². The number of rotatable bonds is 6. The molecule has 9 heteroatoms. The van der Waals surface area contributed by atoms with Crippen LogP contribution < -0.4 is 4.90 Å². The normalized spacial score (nSPS) is 15.1. The Morgan fingerprint density at radius 2 is 1.69 bits per heavy atom. The third kappa shape index (κ3) is 5.66. The van der Waals surface area contributed by atoms with Gasteiger partial charge in [-0.05, 0) is 54.4 Å². The van der Waals surface area contributed by atoms with Gasteiger partial charge in [-0.15, -0.1) is 0 Å². The summed E-state index contributed by atoms with van der Waals surface area (Å²) in [5.41, 5.74) is 4.07. The van der Waals surface area contributed by atoms with Gasteiger partial charge in [0.05, 0.1) is 25.3 Å². The highest BCUT2D eigenvalue weighted by atomic mass is 35.5. The zero-order valence-corrected chi connectivity index (χ0v) is 22.6. The number of hydrogen-bond donors (Lipinski definition) is 0. The number of nitrogens with zero attached hydrogens (tertiary/aromatic N) is 4. The van der Waals surface area contributed by atoms with Gasteiger partial charge < -0.3 is 19.4 Å². The summed E-state index contributed by atoms with van der Waals surface area (Å²) >= 11 is 6.00. The highest BCUT2D eigenvalue weighted by Gasteiger charge is 2.30. The first-order valence-electron chi connectivity index (χ1n) is 12.8. The summed E-state index contributed by atoms with van der Waals surface area (Å²) in [6.45, 7) is 4.05. The Bertz CT molecular complexity index is 1440. The van der Waals surface area contributed by atoms with Crippen LogP contribution in [0.3, 0.4) is 0 Å². The lowest BCUT2D eigenvalue weighted by Crippen LogP contribution is -2.39. The van der Waals surface area contributed by atoms with Gasteiger partial charge in [-0.2, -0.15) is 0 Å². The maximum absolute atomic E-state index is 13.7. The Balaban J connectivity index is 1.47. The standard InChI is InChI=1S/C30H29ClN4O4/c1-3-39-30(38)23-8-9-24-18-34(29(37)22-10-12-25(31)13-11-22)19-27(36)35(26(24)16-23)17-20-4-6-21(7-5-20)28-32-14-15-33(28)2/h4-13,16H,3,14-15,17-19H2,1-2H3. The molecule has 0 saturated carbocycles. The second-order valence-electron chi connectivity index (χ2n) is 9.54. The van der Waals surface area contributed by atoms with Crippen molar-refractivity contribution in [2.24, 2.45) is 4.99 Å². The van der Waals surface area contributed by atoms with E-state index < -0.39 is 5.97 Å². The van der Waals surface area contributed by atoms with Gasteiger partial charge in [0.25, 0.3) is 5.91 Å². The van der Waals surface area contributed by atoms with Crippen LogP contribution in [0.2, 0.25) is 5.02 Å². The average Bonchev–Trinajstić information content (AvgIpc) is 3.32. The molecule has 2 aliphatic heterocycles. The highest BCUT2D eigenvalue weighted by molar-refractivity contribution is 6.30. The average molecular weight is 545 g/mol. The smallest absolute Gasteiger partial charge is 0.338 e. The Morgan fingerprint density at radius 1 is 0.974 bits per heavy atom. The molecule has 0 atom stereocenters. The van der Waals surface area contributed by atoms with Crippen LogP contribution in [-0.2, 0) is 22.6 Å². The van der Waals surface area contributed by atoms with Gasteiger partial charge in [0.2, 0.25) is 5.91 Å². The molecule has 2 amide bonds. The summed E-state index contributed by atoms with van der Waals surface area (Å²) < 4.78 is 5.20. The van der Waals surface area contributed by atoms with Crippen molar-refractivity contribution < 1.29 is 19.1 Å². The lowest BCUT2D eigenvalue weighted by Gasteiger charge is -2.24. The zero-order valence-electron chi connectivity index (χ0n) is 21.9. The minimum absolute atomic E-state index is 0.107. The maximum Gasteiger partial charge on any atom is 0.338 e. The number of halogens is 1. The van der Waals surface area contributed by atoms with Crippen molar-refractivity contribution in [3.8, 4) is 0 Å². The summed E-state index contributed by atoms with van der Waals surface area (Å²) in [6.07, 6.45) is 0. The first-order chi connectivity index (χ1) is 18.8. The summed E-state index contributed by atoms with van der Waals surface area (Å²) in [5.74, 6) is -0.0285. The van der Waals surface area contributed by atoms with Crippen LogP contribution >= 0.6 is 11.6 Å². The number of fused-ring (bicyclic) bond motifs is 1. The molecule has 8 nitrogen and oxygen atoms in total. The van der Waals surface area contributed by atoms with E-state index in [0.717, 1.165) is 35.6 Å². The number of benzene rings is 3. The Labute approximate surface area is 232 Å². The Hall–Kier alpha value is -4.17. The number of anilines is 1. The SMILES string of the molecule is CCOC(=O)c1ccc2c(c1)N(Cc1ccc(C3=NCCN3C)cc1)C(=O)CN(C(=O)c1ccc(Cl)cc1)C2. The third-order valence-electron chi connectivity index (χ3n) is 6.87. The van der Waals surface area contributed by atoms with Crippen molar-refractivity contribution in [2.45, 2.75) is 20.0 Å². The number of ether oxygens (including phenoxy) is 1. The fourth-order valence-corrected chi connectivity index (χ4v) is 4.94. The molecule has 39 heavy (non-hydrogen) atoms. The summed E-state index contributed by atoms with van der Waals surface area (Å²) in [5, 5.41) is 0.527. The number of aliphatic imine (C=N–C) groups is 1. The van der Waals surface area contributed by atoms with Crippen molar-refractivity contribution >= 4 is 40.9 Å². The molecule has 0 bridgehead atoms. The van der Waals surface area contributed by atoms with E-state index in [1.165, 1.54) is 4.90 Å². The van der Waals surface area contributed by atoms with Crippen molar-refractivity contribution in [1.29, 1.82) is 0 Å². The van der Waals surface area contributed by atoms with Crippen LogP contribution in [0.15, 0.2) is 71.7 Å². The molecule has 3 aromatic rings. The first-order valence-corrected chi connectivity index (χ1v) is 13.2. The minimum Gasteiger partial charge on any atom is -0.462 e. The summed E-state index contributed by atoms with van der Waals surface area (Å²) in [7, 11) is 2.02. The second kappa shape index (κ2) is 11.3. The molecule has 0 fully saturated rings. The Morgan fingerprint density at radius 3 is 2.36 bits per heavy atom. The number of amides is 2. The predicted molar refractivity (Wildman–Crippen MR) is 150 cm³/mol. The van der Waals surface area contributed by atoms with Crippen molar-refractivity contribution in [3.05, 3.63) is 99.6 Å². The van der Waals surface area contributed by atoms with E-state index in [1.54, 1.807) is 54.3 Å². The molecule has 0 saturated heterocycles. The van der Waals surface area contributed by atoms with Crippen molar-refractivity contribution in [2.75, 3.05) is 38.2 Å². The van der Waals surface area contributed by atoms with E-state index in [4.69, 9.17) is 16.3 Å². The van der Waals surface area contributed by atoms with Crippen LogP contribution in [0.5, 0.6) is 0 Å². The molecule has 0 radical (unpaired) electrons. The molecule has 0 aliphatic carbocycles. The predicted octanol–water partition coefficient (Wildman–Crippen LogP) is 4.40. The van der Waals surface area contributed by atoms with E-state index in [9.17, 15) is 14.4 Å². The lowest BCUT2D eigenvalue weighted by atomic mass is 10.1. The number of likely N-dealkylation sites (N-methyl/N-ethyl adjacent to an activating group) is 1. The molecule has 2 heterocycles. The topological polar surface area (TPSA) is 82.5 Å². The van der Waals surface area contributed by atoms with Gasteiger partial charge in [0, 0.05) is 42.0 Å². The Kier molecular flexibility index (Phi) is 7.65. The lowest BCUT2D eigenvalue weighted by molar-refractivity contribution is -0.119. The fourth-order valence-electron chi connectivity index (χ4n) is 4.81. The van der Waals surface area contributed by atoms with Crippen LogP contribution in [-0.4, -0.2) is 66.7 Å². The summed E-state index contributed by atoms with van der Waals surface area (Å²) in [4.78, 5) is 49.4. The maximum atomic E-state index is 13.7. The van der Waals surface area contributed by atoms with Gasteiger partial charge in [0.15, 0.2) is 0 Å². The van der Waals surface area contributed by atoms with Gasteiger partial charge in [0.1, 0.15) is 12.4 Å². The van der Waals surface area contributed by atoms with E-state index in [0.29, 0.717) is 21.8 Å². The minimum atomic E-state index is -0.461. The number of amidine groups is 1. The quantitative estimate of drug-likeness (QED) is 0.430. The molecule has 0 N–H and O–H groups in total. The van der Waals surface area contributed by atoms with Crippen molar-refractivity contribution in [3.63, 3.8) is 0 Å². The van der Waals surface area contributed by atoms with E-state index in [-0.39, 0.29) is 38.1 Å². The van der Waals surface area contributed by atoms with Crippen LogP contribution in [0, 0.1) is 0 Å². The number of carbonyl (C=O) groups is 3.